The van der Waals surface area contributed by atoms with Crippen molar-refractivity contribution in [3.63, 3.8) is 0 Å². The van der Waals surface area contributed by atoms with E-state index in [1.807, 2.05) is 0 Å². The predicted octanol–water partition coefficient (Wildman–Crippen LogP) is 2.35. The van der Waals surface area contributed by atoms with Gasteiger partial charge in [0.05, 0.1) is 4.90 Å². The first kappa shape index (κ1) is 14.5. The van der Waals surface area contributed by atoms with Gasteiger partial charge in [-0.05, 0) is 42.0 Å². The Hall–Kier alpha value is -1.92. The van der Waals surface area contributed by atoms with Crippen LogP contribution in [0.4, 0.5) is 10.1 Å². The minimum atomic E-state index is -3.16. The summed E-state index contributed by atoms with van der Waals surface area (Å²) in [5.41, 5.74) is 7.59. The van der Waals surface area contributed by atoms with Crippen molar-refractivity contribution in [2.75, 3.05) is 11.7 Å². The van der Waals surface area contributed by atoms with Crippen LogP contribution in [0.5, 0.6) is 0 Å². The molecule has 0 unspecified atom stereocenters. The molecule has 0 fully saturated rings. The first-order valence-corrected chi connectivity index (χ1v) is 7.88. The lowest BCUT2D eigenvalue weighted by atomic mass is 10.2. The first-order chi connectivity index (χ1) is 9.45. The van der Waals surface area contributed by atoms with E-state index in [1.54, 1.807) is 36.4 Å². The highest BCUT2D eigenvalue weighted by Gasteiger charge is 2.05. The van der Waals surface area contributed by atoms with Crippen molar-refractivity contribution in [1.29, 1.82) is 0 Å². The first-order valence-electron chi connectivity index (χ1n) is 5.98. The Morgan fingerprint density at radius 1 is 1.00 bits per heavy atom. The van der Waals surface area contributed by atoms with Gasteiger partial charge in [0.25, 0.3) is 0 Å². The number of rotatable bonds is 5. The summed E-state index contributed by atoms with van der Waals surface area (Å²) in [4.78, 5) is 0.299. The molecule has 0 spiro atoms. The second kappa shape index (κ2) is 6.02. The Labute approximate surface area is 117 Å². The third-order valence-corrected chi connectivity index (χ3v) is 3.85. The summed E-state index contributed by atoms with van der Waals surface area (Å²) in [7, 11) is -3.16. The number of halogens is 1. The van der Waals surface area contributed by atoms with Crippen molar-refractivity contribution in [1.82, 2.24) is 5.43 Å². The number of nitrogens with one attached hydrogen (secondary N) is 2. The quantitative estimate of drug-likeness (QED) is 0.831. The summed E-state index contributed by atoms with van der Waals surface area (Å²) in [5.74, 6) is -0.285. The van der Waals surface area contributed by atoms with E-state index in [0.717, 1.165) is 11.3 Å². The van der Waals surface area contributed by atoms with Gasteiger partial charge in [-0.3, -0.25) is 0 Å². The summed E-state index contributed by atoms with van der Waals surface area (Å²) in [5, 5.41) is 0. The van der Waals surface area contributed by atoms with Crippen LogP contribution < -0.4 is 10.9 Å². The number of benzene rings is 2. The zero-order valence-electron chi connectivity index (χ0n) is 10.9. The molecule has 20 heavy (non-hydrogen) atoms. The van der Waals surface area contributed by atoms with Gasteiger partial charge in [-0.1, -0.05) is 12.1 Å². The molecule has 0 saturated carbocycles. The Morgan fingerprint density at radius 2 is 1.60 bits per heavy atom. The van der Waals surface area contributed by atoms with E-state index in [9.17, 15) is 12.8 Å². The lowest BCUT2D eigenvalue weighted by Crippen LogP contribution is -2.20. The lowest BCUT2D eigenvalue weighted by molar-refractivity contribution is 0.602. The van der Waals surface area contributed by atoms with E-state index in [-0.39, 0.29) is 5.82 Å². The van der Waals surface area contributed by atoms with Gasteiger partial charge in [0.2, 0.25) is 0 Å². The molecule has 0 atom stereocenters. The molecule has 0 saturated heterocycles. The van der Waals surface area contributed by atoms with Crippen LogP contribution in [0.2, 0.25) is 0 Å². The maximum Gasteiger partial charge on any atom is 0.175 e. The lowest BCUT2D eigenvalue weighted by Gasteiger charge is -2.08. The maximum absolute atomic E-state index is 12.7. The van der Waals surface area contributed by atoms with Crippen LogP contribution in [0, 0.1) is 5.82 Å². The van der Waals surface area contributed by atoms with Gasteiger partial charge < -0.3 is 5.43 Å². The summed E-state index contributed by atoms with van der Waals surface area (Å²) in [6.45, 7) is 0.515. The number of hydrogen-bond acceptors (Lipinski definition) is 4. The van der Waals surface area contributed by atoms with Crippen molar-refractivity contribution in [2.24, 2.45) is 0 Å². The summed E-state index contributed by atoms with van der Waals surface area (Å²) in [6.07, 6.45) is 1.18. The molecular weight excluding hydrogens is 279 g/mol. The van der Waals surface area contributed by atoms with Crippen LogP contribution in [-0.4, -0.2) is 14.7 Å². The number of hydrazine groups is 1. The average molecular weight is 294 g/mol. The van der Waals surface area contributed by atoms with Crippen LogP contribution in [0.1, 0.15) is 5.56 Å². The fourth-order valence-electron chi connectivity index (χ4n) is 1.64. The largest absolute Gasteiger partial charge is 0.321 e. The molecule has 2 N–H and O–H groups in total. The Kier molecular flexibility index (Phi) is 4.36. The highest BCUT2D eigenvalue weighted by molar-refractivity contribution is 7.90. The molecule has 0 aliphatic heterocycles. The topological polar surface area (TPSA) is 58.2 Å². The van der Waals surface area contributed by atoms with Gasteiger partial charge in [-0.2, -0.15) is 0 Å². The molecule has 2 rings (SSSR count). The van der Waals surface area contributed by atoms with Gasteiger partial charge >= 0.3 is 0 Å². The van der Waals surface area contributed by atoms with Gasteiger partial charge in [0, 0.05) is 18.5 Å². The van der Waals surface area contributed by atoms with Crippen LogP contribution >= 0.6 is 0 Å². The van der Waals surface area contributed by atoms with Gasteiger partial charge in [-0.25, -0.2) is 18.2 Å². The molecule has 0 radical (unpaired) electrons. The molecule has 6 heteroatoms. The van der Waals surface area contributed by atoms with Gasteiger partial charge in [0.15, 0.2) is 9.84 Å². The second-order valence-corrected chi connectivity index (χ2v) is 6.42. The Balaban J connectivity index is 1.90. The second-order valence-electron chi connectivity index (χ2n) is 4.40. The molecule has 0 heterocycles. The highest BCUT2D eigenvalue weighted by atomic mass is 32.2. The molecule has 2 aromatic carbocycles. The van der Waals surface area contributed by atoms with Crippen molar-refractivity contribution in [3.8, 4) is 0 Å². The Bertz CT molecular complexity index is 667. The van der Waals surface area contributed by atoms with Crippen molar-refractivity contribution in [3.05, 3.63) is 59.9 Å². The third kappa shape index (κ3) is 4.04. The van der Waals surface area contributed by atoms with Crippen LogP contribution in [0.15, 0.2) is 53.4 Å². The zero-order chi connectivity index (χ0) is 14.6. The average Bonchev–Trinajstić information content (AvgIpc) is 2.41. The van der Waals surface area contributed by atoms with Gasteiger partial charge in [0.1, 0.15) is 5.82 Å². The number of hydrogen-bond donors (Lipinski definition) is 2. The normalized spacial score (nSPS) is 11.3. The van der Waals surface area contributed by atoms with Crippen molar-refractivity contribution in [2.45, 2.75) is 11.4 Å². The minimum absolute atomic E-state index is 0.285. The van der Waals surface area contributed by atoms with Crippen LogP contribution in [0.3, 0.4) is 0 Å². The fraction of sp³-hybridized carbons (Fsp3) is 0.143. The van der Waals surface area contributed by atoms with Crippen LogP contribution in [0.25, 0.3) is 0 Å². The summed E-state index contributed by atoms with van der Waals surface area (Å²) in [6, 6.07) is 12.6. The molecule has 0 aliphatic carbocycles. The zero-order valence-corrected chi connectivity index (χ0v) is 11.7. The van der Waals surface area contributed by atoms with Crippen molar-refractivity contribution >= 4 is 15.5 Å². The molecule has 4 nitrogen and oxygen atoms in total. The molecule has 2 aromatic rings. The molecule has 0 amide bonds. The molecular formula is C14H15FN2O2S. The highest BCUT2D eigenvalue weighted by Crippen LogP contribution is 2.11. The monoisotopic (exact) mass is 294 g/mol. The van der Waals surface area contributed by atoms with E-state index in [4.69, 9.17) is 0 Å². The maximum atomic E-state index is 12.7. The van der Waals surface area contributed by atoms with Crippen molar-refractivity contribution < 1.29 is 12.8 Å². The minimum Gasteiger partial charge on any atom is -0.321 e. The summed E-state index contributed by atoms with van der Waals surface area (Å²) >= 11 is 0. The Morgan fingerprint density at radius 3 is 2.15 bits per heavy atom. The number of sulfone groups is 1. The van der Waals surface area contributed by atoms with E-state index >= 15 is 0 Å². The van der Waals surface area contributed by atoms with Crippen LogP contribution in [-0.2, 0) is 16.4 Å². The molecule has 0 bridgehead atoms. The van der Waals surface area contributed by atoms with E-state index in [0.29, 0.717) is 11.4 Å². The standard InChI is InChI=1S/C14H15FN2O2S/c1-20(18,19)14-8-2-11(3-9-14)10-16-17-13-6-4-12(15)5-7-13/h2-9,16-17H,10H2,1H3. The molecule has 0 aliphatic rings. The smallest absolute Gasteiger partial charge is 0.175 e. The molecule has 0 aromatic heterocycles. The molecule has 106 valence electrons. The summed E-state index contributed by atoms with van der Waals surface area (Å²) < 4.78 is 35.3. The predicted molar refractivity (Wildman–Crippen MR) is 76.4 cm³/mol. The van der Waals surface area contributed by atoms with E-state index in [1.165, 1.54) is 18.4 Å². The van der Waals surface area contributed by atoms with E-state index in [2.05, 4.69) is 10.9 Å². The fourth-order valence-corrected chi connectivity index (χ4v) is 2.27. The SMILES string of the molecule is CS(=O)(=O)c1ccc(CNNc2ccc(F)cc2)cc1. The third-order valence-electron chi connectivity index (χ3n) is 2.72. The van der Waals surface area contributed by atoms with Gasteiger partial charge in [-0.15, -0.1) is 0 Å². The number of anilines is 1. The van der Waals surface area contributed by atoms with E-state index < -0.39 is 9.84 Å².